The maximum atomic E-state index is 9.33. The van der Waals surface area contributed by atoms with Gasteiger partial charge in [-0.1, -0.05) is 29.3 Å². The molecule has 0 radical (unpaired) electrons. The average molecular weight is 281 g/mol. The van der Waals surface area contributed by atoms with E-state index in [9.17, 15) is 5.11 Å². The summed E-state index contributed by atoms with van der Waals surface area (Å²) in [6, 6.07) is 5.72. The summed E-state index contributed by atoms with van der Waals surface area (Å²) in [4.78, 5) is 0. The molecule has 0 spiro atoms. The lowest BCUT2D eigenvalue weighted by Crippen LogP contribution is -2.00. The minimum atomic E-state index is -0.0449. The van der Waals surface area contributed by atoms with Crippen molar-refractivity contribution in [2.75, 3.05) is 0 Å². The molecule has 4 nitrogen and oxygen atoms in total. The molecule has 1 heterocycles. The maximum absolute atomic E-state index is 9.33. The first-order valence-electron chi connectivity index (χ1n) is 6.04. The second kappa shape index (κ2) is 5.63. The van der Waals surface area contributed by atoms with Gasteiger partial charge in [-0.2, -0.15) is 5.10 Å². The van der Waals surface area contributed by atoms with Crippen LogP contribution in [0.1, 0.15) is 22.4 Å². The van der Waals surface area contributed by atoms with Gasteiger partial charge >= 0.3 is 0 Å². The Morgan fingerprint density at radius 1 is 1.37 bits per heavy atom. The third-order valence-corrected chi connectivity index (χ3v) is 3.50. The second-order valence-corrected chi connectivity index (χ2v) is 4.89. The van der Waals surface area contributed by atoms with Gasteiger partial charge in [-0.15, -0.1) is 0 Å². The highest BCUT2D eigenvalue weighted by Gasteiger charge is 2.12. The molecule has 0 fully saturated rings. The first kappa shape index (κ1) is 13.9. The molecule has 1 aromatic carbocycles. The van der Waals surface area contributed by atoms with Crippen LogP contribution in [0.15, 0.2) is 18.2 Å². The lowest BCUT2D eigenvalue weighted by atomic mass is 10.1. The van der Waals surface area contributed by atoms with Crippen LogP contribution in [-0.2, 0) is 20.3 Å². The van der Waals surface area contributed by atoms with E-state index < -0.39 is 0 Å². The van der Waals surface area contributed by atoms with E-state index >= 15 is 0 Å². The van der Waals surface area contributed by atoms with E-state index in [1.165, 1.54) is 0 Å². The molecule has 0 aliphatic heterocycles. The molecule has 0 amide bonds. The molecule has 0 saturated heterocycles. The number of rotatable bonds is 4. The van der Waals surface area contributed by atoms with Crippen LogP contribution in [0, 0.1) is 13.8 Å². The molecule has 19 heavy (non-hydrogen) atoms. The van der Waals surface area contributed by atoms with Gasteiger partial charge in [0.1, 0.15) is 17.5 Å². The van der Waals surface area contributed by atoms with Crippen LogP contribution in [0.3, 0.4) is 0 Å². The third kappa shape index (κ3) is 2.91. The Balaban J connectivity index is 2.19. The van der Waals surface area contributed by atoms with Crippen LogP contribution in [0.4, 0.5) is 0 Å². The SMILES string of the molecule is Cc1ccc(OCc2c(C)nn(C)c2Cl)c(CO)c1. The monoisotopic (exact) mass is 280 g/mol. The lowest BCUT2D eigenvalue weighted by molar-refractivity contribution is 0.258. The fraction of sp³-hybridized carbons (Fsp3) is 0.357. The van der Waals surface area contributed by atoms with Crippen molar-refractivity contribution in [2.45, 2.75) is 27.1 Å². The molecule has 0 aliphatic rings. The van der Waals surface area contributed by atoms with Gasteiger partial charge in [0.15, 0.2) is 0 Å². The minimum absolute atomic E-state index is 0.0449. The summed E-state index contributed by atoms with van der Waals surface area (Å²) in [5.41, 5.74) is 3.59. The molecular formula is C14H17ClN2O2. The molecule has 0 aliphatic carbocycles. The second-order valence-electron chi connectivity index (χ2n) is 4.54. The molecule has 1 aromatic heterocycles. The van der Waals surface area contributed by atoms with Gasteiger partial charge in [0.2, 0.25) is 0 Å². The van der Waals surface area contributed by atoms with Crippen LogP contribution in [-0.4, -0.2) is 14.9 Å². The summed E-state index contributed by atoms with van der Waals surface area (Å²) < 4.78 is 7.37. The van der Waals surface area contributed by atoms with Gasteiger partial charge in [-0.05, 0) is 19.9 Å². The summed E-state index contributed by atoms with van der Waals surface area (Å²) in [5, 5.41) is 14.1. The normalized spacial score (nSPS) is 10.8. The summed E-state index contributed by atoms with van der Waals surface area (Å²) in [7, 11) is 1.80. The van der Waals surface area contributed by atoms with Gasteiger partial charge in [-0.3, -0.25) is 4.68 Å². The van der Waals surface area contributed by atoms with E-state index in [4.69, 9.17) is 16.3 Å². The van der Waals surface area contributed by atoms with Crippen LogP contribution in [0.2, 0.25) is 5.15 Å². The van der Waals surface area contributed by atoms with Crippen LogP contribution in [0.5, 0.6) is 5.75 Å². The Hall–Kier alpha value is -1.52. The molecule has 102 valence electrons. The van der Waals surface area contributed by atoms with Gasteiger partial charge in [-0.25, -0.2) is 0 Å². The Morgan fingerprint density at radius 2 is 2.11 bits per heavy atom. The number of aryl methyl sites for hydroxylation is 3. The molecule has 1 N–H and O–H groups in total. The topological polar surface area (TPSA) is 47.3 Å². The quantitative estimate of drug-likeness (QED) is 0.937. The maximum Gasteiger partial charge on any atom is 0.133 e. The highest BCUT2D eigenvalue weighted by molar-refractivity contribution is 6.30. The van der Waals surface area contributed by atoms with Crippen LogP contribution >= 0.6 is 11.6 Å². The van der Waals surface area contributed by atoms with E-state index in [-0.39, 0.29) is 6.61 Å². The largest absolute Gasteiger partial charge is 0.488 e. The molecule has 0 bridgehead atoms. The number of ether oxygens (including phenoxy) is 1. The van der Waals surface area contributed by atoms with Crippen LogP contribution < -0.4 is 4.74 Å². The Labute approximate surface area is 117 Å². The molecule has 0 saturated carbocycles. The Bertz CT molecular complexity index is 593. The van der Waals surface area contributed by atoms with Gasteiger partial charge in [0.05, 0.1) is 12.3 Å². The third-order valence-electron chi connectivity index (χ3n) is 3.03. The molecule has 5 heteroatoms. The van der Waals surface area contributed by atoms with Crippen LogP contribution in [0.25, 0.3) is 0 Å². The van der Waals surface area contributed by atoms with Crippen molar-refractivity contribution in [2.24, 2.45) is 7.05 Å². The predicted octanol–water partition coefficient (Wildman–Crippen LogP) is 2.76. The van der Waals surface area contributed by atoms with Gasteiger partial charge in [0, 0.05) is 18.2 Å². The summed E-state index contributed by atoms with van der Waals surface area (Å²) in [6.45, 7) is 4.17. The minimum Gasteiger partial charge on any atom is -0.488 e. The molecule has 0 atom stereocenters. The first-order chi connectivity index (χ1) is 9.02. The summed E-state index contributed by atoms with van der Waals surface area (Å²) in [5.74, 6) is 0.674. The summed E-state index contributed by atoms with van der Waals surface area (Å²) in [6.07, 6.45) is 0. The molecule has 2 rings (SSSR count). The number of hydrogen-bond acceptors (Lipinski definition) is 3. The van der Waals surface area contributed by atoms with Crippen molar-refractivity contribution in [3.8, 4) is 5.75 Å². The zero-order valence-corrected chi connectivity index (χ0v) is 12.0. The zero-order valence-electron chi connectivity index (χ0n) is 11.3. The number of halogens is 1. The smallest absolute Gasteiger partial charge is 0.133 e. The van der Waals surface area contributed by atoms with Gasteiger partial charge in [0.25, 0.3) is 0 Å². The Kier molecular flexibility index (Phi) is 4.12. The lowest BCUT2D eigenvalue weighted by Gasteiger charge is -2.10. The number of benzene rings is 1. The van der Waals surface area contributed by atoms with Crippen molar-refractivity contribution in [3.05, 3.63) is 45.7 Å². The fourth-order valence-corrected chi connectivity index (χ4v) is 2.19. The predicted molar refractivity (Wildman–Crippen MR) is 74.4 cm³/mol. The van der Waals surface area contributed by atoms with Crippen molar-refractivity contribution in [1.82, 2.24) is 9.78 Å². The van der Waals surface area contributed by atoms with E-state index in [1.807, 2.05) is 32.0 Å². The Morgan fingerprint density at radius 3 is 2.68 bits per heavy atom. The number of aliphatic hydroxyl groups is 1. The fourth-order valence-electron chi connectivity index (χ4n) is 1.96. The number of nitrogens with zero attached hydrogens (tertiary/aromatic N) is 2. The van der Waals surface area contributed by atoms with Crippen molar-refractivity contribution >= 4 is 11.6 Å². The van der Waals surface area contributed by atoms with E-state index in [1.54, 1.807) is 11.7 Å². The standard InChI is InChI=1S/C14H17ClN2O2/c1-9-4-5-13(11(6-9)7-18)19-8-12-10(2)16-17(3)14(12)15/h4-6,18H,7-8H2,1-3H3. The molecule has 0 unspecified atom stereocenters. The zero-order chi connectivity index (χ0) is 14.0. The van der Waals surface area contributed by atoms with Crippen molar-refractivity contribution in [3.63, 3.8) is 0 Å². The van der Waals surface area contributed by atoms with Crippen molar-refractivity contribution < 1.29 is 9.84 Å². The number of aromatic nitrogens is 2. The molecular weight excluding hydrogens is 264 g/mol. The number of hydrogen-bond donors (Lipinski definition) is 1. The van der Waals surface area contributed by atoms with Crippen molar-refractivity contribution in [1.29, 1.82) is 0 Å². The highest BCUT2D eigenvalue weighted by Crippen LogP contribution is 2.24. The first-order valence-corrected chi connectivity index (χ1v) is 6.42. The molecule has 2 aromatic rings. The van der Waals surface area contributed by atoms with E-state index in [0.717, 1.165) is 22.4 Å². The van der Waals surface area contributed by atoms with E-state index in [0.29, 0.717) is 17.5 Å². The van der Waals surface area contributed by atoms with E-state index in [2.05, 4.69) is 5.10 Å². The number of aliphatic hydroxyl groups excluding tert-OH is 1. The average Bonchev–Trinajstić information content (AvgIpc) is 2.62. The highest BCUT2D eigenvalue weighted by atomic mass is 35.5. The van der Waals surface area contributed by atoms with Gasteiger partial charge < -0.3 is 9.84 Å². The summed E-state index contributed by atoms with van der Waals surface area (Å²) >= 11 is 6.15.